The number of hydrogen-bond acceptors (Lipinski definition) is 3. The van der Waals surface area contributed by atoms with Crippen molar-refractivity contribution in [3.63, 3.8) is 0 Å². The van der Waals surface area contributed by atoms with E-state index in [1.54, 1.807) is 42.7 Å². The van der Waals surface area contributed by atoms with Crippen molar-refractivity contribution < 1.29 is 14.0 Å². The molecule has 138 valence electrons. The molecule has 0 radical (unpaired) electrons. The van der Waals surface area contributed by atoms with Crippen molar-refractivity contribution >= 4 is 17.5 Å². The zero-order chi connectivity index (χ0) is 19.2. The molecule has 27 heavy (non-hydrogen) atoms. The molecule has 2 N–H and O–H groups in total. The predicted octanol–water partition coefficient (Wildman–Crippen LogP) is 4.33. The molecule has 0 aliphatic carbocycles. The lowest BCUT2D eigenvalue weighted by atomic mass is 10.0. The van der Waals surface area contributed by atoms with Crippen molar-refractivity contribution in [3.05, 3.63) is 88.9 Å². The van der Waals surface area contributed by atoms with Gasteiger partial charge in [-0.1, -0.05) is 31.2 Å². The Kier molecular flexibility index (Phi) is 5.71. The number of amides is 2. The fraction of sp³-hybridized carbons (Fsp3) is 0.182. The van der Waals surface area contributed by atoms with E-state index in [0.29, 0.717) is 23.4 Å². The van der Waals surface area contributed by atoms with E-state index in [4.69, 9.17) is 4.42 Å². The lowest BCUT2D eigenvalue weighted by molar-refractivity contribution is 0.0948. The Balaban J connectivity index is 1.73. The molecule has 3 rings (SSSR count). The summed E-state index contributed by atoms with van der Waals surface area (Å²) in [5.74, 6) is 0.176. The molecule has 0 unspecified atom stereocenters. The number of hydrogen-bond donors (Lipinski definition) is 2. The second-order valence-corrected chi connectivity index (χ2v) is 6.26. The Morgan fingerprint density at radius 2 is 1.70 bits per heavy atom. The summed E-state index contributed by atoms with van der Waals surface area (Å²) in [6, 6.07) is 16.2. The zero-order valence-corrected chi connectivity index (χ0v) is 15.4. The first-order valence-electron chi connectivity index (χ1n) is 8.89. The molecule has 1 aromatic heterocycles. The summed E-state index contributed by atoms with van der Waals surface area (Å²) >= 11 is 0. The number of benzene rings is 2. The number of rotatable bonds is 6. The van der Waals surface area contributed by atoms with Crippen LogP contribution in [0.3, 0.4) is 0 Å². The highest BCUT2D eigenvalue weighted by Gasteiger charge is 2.13. The quantitative estimate of drug-likeness (QED) is 0.685. The smallest absolute Gasteiger partial charge is 0.255 e. The van der Waals surface area contributed by atoms with Gasteiger partial charge in [0.25, 0.3) is 11.8 Å². The number of para-hydroxylation sites is 1. The van der Waals surface area contributed by atoms with Crippen LogP contribution in [0.15, 0.2) is 65.3 Å². The molecular formula is C22H22N2O3. The van der Waals surface area contributed by atoms with Crippen LogP contribution in [0.2, 0.25) is 0 Å². The topological polar surface area (TPSA) is 71.3 Å². The Morgan fingerprint density at radius 1 is 0.963 bits per heavy atom. The Labute approximate surface area is 158 Å². The van der Waals surface area contributed by atoms with E-state index in [-0.39, 0.29) is 11.8 Å². The number of carbonyl (C=O) groups excluding carboxylic acids is 2. The van der Waals surface area contributed by atoms with Crippen LogP contribution < -0.4 is 10.6 Å². The minimum absolute atomic E-state index is 0.236. The van der Waals surface area contributed by atoms with Crippen molar-refractivity contribution in [1.82, 2.24) is 5.32 Å². The maximum absolute atomic E-state index is 12.7. The van der Waals surface area contributed by atoms with E-state index in [9.17, 15) is 9.59 Å². The van der Waals surface area contributed by atoms with E-state index in [1.165, 1.54) is 0 Å². The molecule has 0 aliphatic rings. The molecule has 2 amide bonds. The first-order valence-corrected chi connectivity index (χ1v) is 8.89. The third kappa shape index (κ3) is 4.44. The summed E-state index contributed by atoms with van der Waals surface area (Å²) in [4.78, 5) is 25.0. The highest BCUT2D eigenvalue weighted by atomic mass is 16.3. The highest BCUT2D eigenvalue weighted by Crippen LogP contribution is 2.22. The van der Waals surface area contributed by atoms with E-state index in [2.05, 4.69) is 17.6 Å². The normalized spacial score (nSPS) is 10.4. The molecule has 2 aromatic carbocycles. The molecule has 1 heterocycles. The van der Waals surface area contributed by atoms with Gasteiger partial charge in [0, 0.05) is 16.8 Å². The number of aryl methyl sites for hydroxylation is 2. The van der Waals surface area contributed by atoms with Crippen molar-refractivity contribution in [1.29, 1.82) is 0 Å². The van der Waals surface area contributed by atoms with Gasteiger partial charge in [-0.2, -0.15) is 0 Å². The van der Waals surface area contributed by atoms with E-state index >= 15 is 0 Å². The summed E-state index contributed by atoms with van der Waals surface area (Å²) in [6.07, 6.45) is 2.38. The van der Waals surface area contributed by atoms with Crippen molar-refractivity contribution in [2.24, 2.45) is 0 Å². The molecule has 0 fully saturated rings. The maximum atomic E-state index is 12.7. The number of anilines is 1. The Hall–Kier alpha value is -3.34. The third-order valence-electron chi connectivity index (χ3n) is 4.37. The van der Waals surface area contributed by atoms with Crippen molar-refractivity contribution in [3.8, 4) is 0 Å². The summed E-state index contributed by atoms with van der Waals surface area (Å²) in [5.41, 5.74) is 3.78. The van der Waals surface area contributed by atoms with Gasteiger partial charge in [-0.25, -0.2) is 0 Å². The van der Waals surface area contributed by atoms with Gasteiger partial charge in [-0.05, 0) is 54.8 Å². The van der Waals surface area contributed by atoms with Crippen molar-refractivity contribution in [2.45, 2.75) is 26.8 Å². The average molecular weight is 362 g/mol. The molecule has 5 heteroatoms. The van der Waals surface area contributed by atoms with Crippen LogP contribution in [-0.2, 0) is 13.0 Å². The molecule has 0 atom stereocenters. The summed E-state index contributed by atoms with van der Waals surface area (Å²) in [6.45, 7) is 4.31. The molecule has 5 nitrogen and oxygen atoms in total. The SMILES string of the molecule is CCc1cccc(C)c1NC(=O)c1cccc(C(=O)NCc2ccco2)c1. The van der Waals surface area contributed by atoms with Crippen LogP contribution in [0.1, 0.15) is 44.5 Å². The minimum Gasteiger partial charge on any atom is -0.467 e. The molecule has 3 aromatic rings. The van der Waals surface area contributed by atoms with E-state index < -0.39 is 0 Å². The Morgan fingerprint density at radius 3 is 2.41 bits per heavy atom. The lowest BCUT2D eigenvalue weighted by Crippen LogP contribution is -2.23. The maximum Gasteiger partial charge on any atom is 0.255 e. The standard InChI is InChI=1S/C22H22N2O3/c1-3-16-8-4-7-15(2)20(16)24-22(26)18-10-5-9-17(13-18)21(25)23-14-19-11-6-12-27-19/h4-13H,3,14H2,1-2H3,(H,23,25)(H,24,26). The minimum atomic E-state index is -0.258. The molecule has 0 saturated heterocycles. The highest BCUT2D eigenvalue weighted by molar-refractivity contribution is 6.06. The average Bonchev–Trinajstić information content (AvgIpc) is 3.21. The second kappa shape index (κ2) is 8.36. The van der Waals surface area contributed by atoms with Gasteiger partial charge >= 0.3 is 0 Å². The van der Waals surface area contributed by atoms with Gasteiger partial charge in [0.1, 0.15) is 5.76 Å². The van der Waals surface area contributed by atoms with Gasteiger partial charge in [-0.15, -0.1) is 0 Å². The number of furan rings is 1. The van der Waals surface area contributed by atoms with Gasteiger partial charge in [0.15, 0.2) is 0 Å². The molecule has 0 aliphatic heterocycles. The van der Waals surface area contributed by atoms with Crippen LogP contribution in [0, 0.1) is 6.92 Å². The van der Waals surface area contributed by atoms with Crippen LogP contribution in [-0.4, -0.2) is 11.8 Å². The number of nitrogens with one attached hydrogen (secondary N) is 2. The molecular weight excluding hydrogens is 340 g/mol. The monoisotopic (exact) mass is 362 g/mol. The number of carbonyl (C=O) groups is 2. The lowest BCUT2D eigenvalue weighted by Gasteiger charge is -2.13. The van der Waals surface area contributed by atoms with Gasteiger partial charge in [0.2, 0.25) is 0 Å². The first kappa shape index (κ1) is 18.5. The Bertz CT molecular complexity index is 946. The largest absolute Gasteiger partial charge is 0.467 e. The first-order chi connectivity index (χ1) is 13.1. The van der Waals surface area contributed by atoms with Crippen LogP contribution in [0.25, 0.3) is 0 Å². The summed E-state index contributed by atoms with van der Waals surface area (Å²) in [7, 11) is 0. The molecule has 0 saturated carbocycles. The van der Waals surface area contributed by atoms with Gasteiger partial charge in [0.05, 0.1) is 12.8 Å². The van der Waals surface area contributed by atoms with Crippen LogP contribution in [0.5, 0.6) is 0 Å². The fourth-order valence-electron chi connectivity index (χ4n) is 2.87. The second-order valence-electron chi connectivity index (χ2n) is 6.26. The van der Waals surface area contributed by atoms with Gasteiger partial charge < -0.3 is 15.1 Å². The summed E-state index contributed by atoms with van der Waals surface area (Å²) in [5, 5.41) is 5.76. The van der Waals surface area contributed by atoms with Crippen LogP contribution >= 0.6 is 0 Å². The van der Waals surface area contributed by atoms with Crippen molar-refractivity contribution in [2.75, 3.05) is 5.32 Å². The predicted molar refractivity (Wildman–Crippen MR) is 105 cm³/mol. The van der Waals surface area contributed by atoms with E-state index in [0.717, 1.165) is 23.2 Å². The zero-order valence-electron chi connectivity index (χ0n) is 15.4. The van der Waals surface area contributed by atoms with Crippen LogP contribution in [0.4, 0.5) is 5.69 Å². The van der Waals surface area contributed by atoms with E-state index in [1.807, 2.05) is 25.1 Å². The molecule has 0 bridgehead atoms. The summed E-state index contributed by atoms with van der Waals surface area (Å²) < 4.78 is 5.20. The molecule has 0 spiro atoms. The van der Waals surface area contributed by atoms with Gasteiger partial charge in [-0.3, -0.25) is 9.59 Å². The third-order valence-corrected chi connectivity index (χ3v) is 4.37. The fourth-order valence-corrected chi connectivity index (χ4v) is 2.87.